The predicted octanol–water partition coefficient (Wildman–Crippen LogP) is 1.26. The van der Waals surface area contributed by atoms with Crippen LogP contribution in [0.3, 0.4) is 0 Å². The van der Waals surface area contributed by atoms with E-state index < -0.39 is 6.23 Å². The Morgan fingerprint density at radius 3 is 2.93 bits per heavy atom. The number of hydrogen-bond acceptors (Lipinski definition) is 4. The standard InChI is InChI=1S/C10H13NO3/c1-7(12)5-3-4-6-8-9(11-2)14-10(8)13/h6,9H,2-5H2,1H3/b8-6-. The number of nitrogens with zero attached hydrogens (tertiary/aromatic N) is 1. The second-order valence-corrected chi connectivity index (χ2v) is 3.19. The van der Waals surface area contributed by atoms with Crippen LogP contribution in [0.4, 0.5) is 0 Å². The molecule has 0 radical (unpaired) electrons. The number of ketones is 1. The van der Waals surface area contributed by atoms with Crippen molar-refractivity contribution in [2.24, 2.45) is 4.99 Å². The third-order valence-electron chi connectivity index (χ3n) is 1.98. The van der Waals surface area contributed by atoms with Crippen LogP contribution in [0.15, 0.2) is 16.6 Å². The predicted molar refractivity (Wildman–Crippen MR) is 52.0 cm³/mol. The van der Waals surface area contributed by atoms with Crippen molar-refractivity contribution in [1.29, 1.82) is 0 Å². The average molecular weight is 195 g/mol. The van der Waals surface area contributed by atoms with E-state index in [1.54, 1.807) is 13.0 Å². The first-order chi connectivity index (χ1) is 6.65. The molecule has 1 aliphatic rings. The van der Waals surface area contributed by atoms with Crippen molar-refractivity contribution in [1.82, 2.24) is 0 Å². The molecule has 1 unspecified atom stereocenters. The molecule has 0 aliphatic carbocycles. The lowest BCUT2D eigenvalue weighted by molar-refractivity contribution is -0.155. The van der Waals surface area contributed by atoms with Gasteiger partial charge < -0.3 is 9.53 Å². The van der Waals surface area contributed by atoms with E-state index in [9.17, 15) is 9.59 Å². The Bertz CT molecular complexity index is 294. The molecule has 0 amide bonds. The van der Waals surface area contributed by atoms with Crippen LogP contribution in [0.5, 0.6) is 0 Å². The number of carbonyl (C=O) groups is 2. The zero-order chi connectivity index (χ0) is 10.6. The maximum absolute atomic E-state index is 10.9. The summed E-state index contributed by atoms with van der Waals surface area (Å²) in [5, 5.41) is 0. The van der Waals surface area contributed by atoms with Gasteiger partial charge in [0.05, 0.1) is 5.57 Å². The first kappa shape index (κ1) is 10.6. The molecule has 0 aromatic rings. The van der Waals surface area contributed by atoms with E-state index in [0.29, 0.717) is 18.4 Å². The molecule has 1 heterocycles. The molecule has 0 N–H and O–H groups in total. The summed E-state index contributed by atoms with van der Waals surface area (Å²) in [6.07, 6.45) is 3.30. The molecular formula is C10H13NO3. The van der Waals surface area contributed by atoms with Crippen LogP contribution in [0, 0.1) is 0 Å². The van der Waals surface area contributed by atoms with Gasteiger partial charge in [-0.3, -0.25) is 4.99 Å². The average Bonchev–Trinajstić information content (AvgIpc) is 2.12. The summed E-state index contributed by atoms with van der Waals surface area (Å²) in [5.41, 5.74) is 0.559. The molecule has 0 saturated carbocycles. The molecule has 76 valence electrons. The minimum Gasteiger partial charge on any atom is -0.432 e. The number of ether oxygens (including phenoxy) is 1. The van der Waals surface area contributed by atoms with Gasteiger partial charge in [0.25, 0.3) is 0 Å². The number of carbonyl (C=O) groups excluding carboxylic acids is 2. The fourth-order valence-corrected chi connectivity index (χ4v) is 1.20. The summed E-state index contributed by atoms with van der Waals surface area (Å²) in [6, 6.07) is 0. The molecule has 1 atom stereocenters. The summed E-state index contributed by atoms with van der Waals surface area (Å²) in [6.45, 7) is 4.86. The monoisotopic (exact) mass is 195 g/mol. The summed E-state index contributed by atoms with van der Waals surface area (Å²) in [7, 11) is 0. The van der Waals surface area contributed by atoms with E-state index in [2.05, 4.69) is 16.4 Å². The number of Topliss-reactive ketones (excluding diaryl/α,β-unsaturated/α-hetero) is 1. The summed E-state index contributed by atoms with van der Waals surface area (Å²) in [4.78, 5) is 25.1. The minimum atomic E-state index is -0.486. The van der Waals surface area contributed by atoms with Gasteiger partial charge in [0.2, 0.25) is 6.23 Å². The highest BCUT2D eigenvalue weighted by Crippen LogP contribution is 2.22. The molecule has 0 aromatic carbocycles. The lowest BCUT2D eigenvalue weighted by Crippen LogP contribution is -2.34. The van der Waals surface area contributed by atoms with Crippen LogP contribution >= 0.6 is 0 Å². The van der Waals surface area contributed by atoms with Crippen LogP contribution < -0.4 is 0 Å². The third-order valence-corrected chi connectivity index (χ3v) is 1.98. The molecule has 14 heavy (non-hydrogen) atoms. The number of hydrogen-bond donors (Lipinski definition) is 0. The van der Waals surface area contributed by atoms with Crippen molar-refractivity contribution >= 4 is 18.5 Å². The highest BCUT2D eigenvalue weighted by atomic mass is 16.6. The smallest absolute Gasteiger partial charge is 0.341 e. The zero-order valence-corrected chi connectivity index (χ0v) is 8.16. The van der Waals surface area contributed by atoms with Gasteiger partial charge in [-0.25, -0.2) is 4.79 Å². The van der Waals surface area contributed by atoms with Crippen LogP contribution in [0.1, 0.15) is 26.2 Å². The Kier molecular flexibility index (Phi) is 3.56. The first-order valence-electron chi connectivity index (χ1n) is 4.51. The fourth-order valence-electron chi connectivity index (χ4n) is 1.20. The summed E-state index contributed by atoms with van der Waals surface area (Å²) >= 11 is 0. The topological polar surface area (TPSA) is 55.7 Å². The van der Waals surface area contributed by atoms with Gasteiger partial charge in [-0.2, -0.15) is 0 Å². The molecule has 0 bridgehead atoms. The van der Waals surface area contributed by atoms with Crippen molar-refractivity contribution in [3.05, 3.63) is 11.6 Å². The van der Waals surface area contributed by atoms with Crippen molar-refractivity contribution in [2.75, 3.05) is 0 Å². The molecule has 1 aliphatic heterocycles. The lowest BCUT2D eigenvalue weighted by atomic mass is 10.1. The van der Waals surface area contributed by atoms with Crippen molar-refractivity contribution in [2.45, 2.75) is 32.4 Å². The Morgan fingerprint density at radius 1 is 1.71 bits per heavy atom. The van der Waals surface area contributed by atoms with Gasteiger partial charge in [0.15, 0.2) is 0 Å². The normalized spacial score (nSPS) is 22.8. The van der Waals surface area contributed by atoms with E-state index in [-0.39, 0.29) is 11.8 Å². The third kappa shape index (κ3) is 2.52. The highest BCUT2D eigenvalue weighted by Gasteiger charge is 2.34. The van der Waals surface area contributed by atoms with Crippen molar-refractivity contribution in [3.8, 4) is 0 Å². The van der Waals surface area contributed by atoms with Crippen LogP contribution in [0.2, 0.25) is 0 Å². The summed E-state index contributed by atoms with van der Waals surface area (Å²) < 4.78 is 4.68. The van der Waals surface area contributed by atoms with Crippen molar-refractivity contribution in [3.63, 3.8) is 0 Å². The number of allylic oxidation sites excluding steroid dienone is 1. The van der Waals surface area contributed by atoms with Crippen LogP contribution in [-0.2, 0) is 14.3 Å². The molecular weight excluding hydrogens is 182 g/mol. The second kappa shape index (κ2) is 4.69. The van der Waals surface area contributed by atoms with Crippen molar-refractivity contribution < 1.29 is 14.3 Å². The van der Waals surface area contributed by atoms with E-state index in [1.807, 2.05) is 0 Å². The van der Waals surface area contributed by atoms with Crippen LogP contribution in [-0.4, -0.2) is 24.7 Å². The molecule has 0 aromatic heterocycles. The quantitative estimate of drug-likeness (QED) is 0.287. The van der Waals surface area contributed by atoms with E-state index >= 15 is 0 Å². The van der Waals surface area contributed by atoms with Gasteiger partial charge in [-0.1, -0.05) is 6.08 Å². The molecule has 1 saturated heterocycles. The molecule has 4 nitrogen and oxygen atoms in total. The summed E-state index contributed by atoms with van der Waals surface area (Å²) in [5.74, 6) is -0.164. The maximum Gasteiger partial charge on any atom is 0.341 e. The number of rotatable bonds is 5. The second-order valence-electron chi connectivity index (χ2n) is 3.19. The van der Waals surface area contributed by atoms with E-state index in [0.717, 1.165) is 6.42 Å². The van der Waals surface area contributed by atoms with E-state index in [1.165, 1.54) is 0 Å². The Balaban J connectivity index is 2.33. The fraction of sp³-hybridized carbons (Fsp3) is 0.500. The Morgan fingerprint density at radius 2 is 2.43 bits per heavy atom. The number of aliphatic imine (C=N–C) groups is 1. The highest BCUT2D eigenvalue weighted by molar-refractivity contribution is 5.95. The van der Waals surface area contributed by atoms with Gasteiger partial charge in [-0.05, 0) is 26.5 Å². The molecule has 0 spiro atoms. The lowest BCUT2D eigenvalue weighted by Gasteiger charge is -2.24. The first-order valence-corrected chi connectivity index (χ1v) is 4.51. The SMILES string of the molecule is C=NC1OC(=O)/C1=C\CCCC(C)=O. The maximum atomic E-state index is 10.9. The number of unbranched alkanes of at least 4 members (excludes halogenated alkanes) is 1. The Hall–Kier alpha value is -1.45. The molecule has 1 fully saturated rings. The van der Waals surface area contributed by atoms with Crippen LogP contribution in [0.25, 0.3) is 0 Å². The van der Waals surface area contributed by atoms with E-state index in [4.69, 9.17) is 0 Å². The molecule has 1 rings (SSSR count). The number of esters is 1. The molecule has 4 heteroatoms. The Labute approximate surface area is 82.7 Å². The van der Waals surface area contributed by atoms with Gasteiger partial charge in [-0.15, -0.1) is 0 Å². The number of cyclic esters (lactones) is 1. The largest absolute Gasteiger partial charge is 0.432 e. The van der Waals surface area contributed by atoms with Gasteiger partial charge in [0, 0.05) is 6.42 Å². The minimum absolute atomic E-state index is 0.165. The zero-order valence-electron chi connectivity index (χ0n) is 8.16. The van der Waals surface area contributed by atoms with Gasteiger partial charge >= 0.3 is 5.97 Å². The van der Waals surface area contributed by atoms with Gasteiger partial charge in [0.1, 0.15) is 5.78 Å².